The lowest BCUT2D eigenvalue weighted by Gasteiger charge is -2.08. The summed E-state index contributed by atoms with van der Waals surface area (Å²) in [5, 5.41) is 14.9. The topological polar surface area (TPSA) is 83.4 Å². The Balaban J connectivity index is 1.90. The summed E-state index contributed by atoms with van der Waals surface area (Å²) >= 11 is 0. The van der Waals surface area contributed by atoms with Gasteiger partial charge in [-0.05, 0) is 42.3 Å². The van der Waals surface area contributed by atoms with Crippen molar-refractivity contribution in [3.63, 3.8) is 0 Å². The van der Waals surface area contributed by atoms with Gasteiger partial charge < -0.3 is 20.1 Å². The maximum Gasteiger partial charge on any atom is 0.267 e. The number of carbonyl (C=O) groups is 1. The predicted molar refractivity (Wildman–Crippen MR) is 100 cm³/mol. The molecule has 0 saturated heterocycles. The number of ether oxygens (including phenoxy) is 2. The van der Waals surface area contributed by atoms with Crippen LogP contribution in [0.5, 0.6) is 11.5 Å². The molecule has 0 unspecified atom stereocenters. The van der Waals surface area contributed by atoms with Gasteiger partial charge in [-0.25, -0.2) is 0 Å². The third kappa shape index (κ3) is 5.28. The molecule has 0 spiro atoms. The molecule has 2 N–H and O–H groups in total. The Morgan fingerprint density at radius 3 is 2.50 bits per heavy atom. The van der Waals surface area contributed by atoms with Gasteiger partial charge in [-0.15, -0.1) is 0 Å². The van der Waals surface area contributed by atoms with E-state index < -0.39 is 5.91 Å². The number of nitriles is 1. The van der Waals surface area contributed by atoms with E-state index in [0.29, 0.717) is 24.4 Å². The molecule has 2 aromatic rings. The highest BCUT2D eigenvalue weighted by atomic mass is 16.5. The van der Waals surface area contributed by atoms with Crippen molar-refractivity contribution >= 4 is 11.6 Å². The molecule has 6 heteroatoms. The molecule has 134 valence electrons. The van der Waals surface area contributed by atoms with Crippen LogP contribution in [0.1, 0.15) is 5.56 Å². The molecule has 6 nitrogen and oxygen atoms in total. The molecule has 0 aliphatic rings. The van der Waals surface area contributed by atoms with E-state index in [1.807, 2.05) is 30.3 Å². The van der Waals surface area contributed by atoms with Crippen molar-refractivity contribution in [1.29, 1.82) is 5.26 Å². The van der Waals surface area contributed by atoms with Crippen molar-refractivity contribution in [3.05, 3.63) is 65.9 Å². The molecule has 0 atom stereocenters. The first kappa shape index (κ1) is 18.9. The van der Waals surface area contributed by atoms with Crippen LogP contribution >= 0.6 is 0 Å². The Morgan fingerprint density at radius 2 is 1.85 bits per heavy atom. The zero-order chi connectivity index (χ0) is 18.8. The van der Waals surface area contributed by atoms with E-state index in [0.717, 1.165) is 11.3 Å². The number of para-hydroxylation sites is 1. The van der Waals surface area contributed by atoms with E-state index in [2.05, 4.69) is 10.6 Å². The minimum Gasteiger partial charge on any atom is -0.497 e. The van der Waals surface area contributed by atoms with Gasteiger partial charge in [0, 0.05) is 18.4 Å². The van der Waals surface area contributed by atoms with Crippen LogP contribution in [0, 0.1) is 11.3 Å². The summed E-state index contributed by atoms with van der Waals surface area (Å²) in [7, 11) is 3.20. The van der Waals surface area contributed by atoms with Gasteiger partial charge in [-0.2, -0.15) is 5.26 Å². The lowest BCUT2D eigenvalue weighted by molar-refractivity contribution is -0.112. The molecular formula is C20H21N3O3. The Bertz CT molecular complexity index is 808. The second kappa shape index (κ2) is 9.74. The first-order valence-electron chi connectivity index (χ1n) is 8.09. The first-order chi connectivity index (χ1) is 12.7. The van der Waals surface area contributed by atoms with Crippen molar-refractivity contribution in [2.24, 2.45) is 0 Å². The highest BCUT2D eigenvalue weighted by Crippen LogP contribution is 2.17. The van der Waals surface area contributed by atoms with E-state index in [9.17, 15) is 10.1 Å². The maximum atomic E-state index is 12.2. The van der Waals surface area contributed by atoms with Gasteiger partial charge in [0.25, 0.3) is 5.91 Å². The van der Waals surface area contributed by atoms with Gasteiger partial charge in [0.1, 0.15) is 23.1 Å². The number of carbonyl (C=O) groups excluding carboxylic acids is 1. The fourth-order valence-corrected chi connectivity index (χ4v) is 2.31. The molecule has 0 bridgehead atoms. The molecule has 1 amide bonds. The largest absolute Gasteiger partial charge is 0.497 e. The molecule has 0 heterocycles. The van der Waals surface area contributed by atoms with E-state index in [1.165, 1.54) is 6.20 Å². The second-order valence-corrected chi connectivity index (χ2v) is 5.37. The first-order valence-corrected chi connectivity index (χ1v) is 8.09. The summed E-state index contributed by atoms with van der Waals surface area (Å²) in [6, 6.07) is 16.5. The SMILES string of the molecule is COc1ccc(NC(=O)/C(C#N)=C\NCCc2ccccc2OC)cc1. The number of amides is 1. The number of hydrogen-bond acceptors (Lipinski definition) is 5. The molecule has 2 aromatic carbocycles. The number of methoxy groups -OCH3 is 2. The number of nitrogens with zero attached hydrogens (tertiary/aromatic N) is 1. The quantitative estimate of drug-likeness (QED) is 0.434. The highest BCUT2D eigenvalue weighted by Gasteiger charge is 2.09. The van der Waals surface area contributed by atoms with Crippen molar-refractivity contribution < 1.29 is 14.3 Å². The number of nitrogens with one attached hydrogen (secondary N) is 2. The Labute approximate surface area is 153 Å². The number of anilines is 1. The summed E-state index contributed by atoms with van der Waals surface area (Å²) in [5.74, 6) is 1.04. The van der Waals surface area contributed by atoms with Crippen molar-refractivity contribution in [3.8, 4) is 17.6 Å². The molecule has 0 saturated carbocycles. The zero-order valence-electron chi connectivity index (χ0n) is 14.8. The second-order valence-electron chi connectivity index (χ2n) is 5.37. The molecule has 0 aliphatic carbocycles. The summed E-state index contributed by atoms with van der Waals surface area (Å²) < 4.78 is 10.4. The summed E-state index contributed by atoms with van der Waals surface area (Å²) in [4.78, 5) is 12.2. The lowest BCUT2D eigenvalue weighted by atomic mass is 10.1. The Hall–Kier alpha value is -3.46. The summed E-state index contributed by atoms with van der Waals surface area (Å²) in [6.07, 6.45) is 2.13. The minimum absolute atomic E-state index is 0.000782. The van der Waals surface area contributed by atoms with E-state index >= 15 is 0 Å². The number of benzene rings is 2. The summed E-state index contributed by atoms with van der Waals surface area (Å²) in [5.41, 5.74) is 1.64. The molecule has 0 fully saturated rings. The van der Waals surface area contributed by atoms with E-state index in [-0.39, 0.29) is 5.57 Å². The third-order valence-electron chi connectivity index (χ3n) is 3.69. The van der Waals surface area contributed by atoms with Crippen molar-refractivity contribution in [2.45, 2.75) is 6.42 Å². The van der Waals surface area contributed by atoms with E-state index in [4.69, 9.17) is 9.47 Å². The van der Waals surface area contributed by atoms with Crippen LogP contribution in [0.4, 0.5) is 5.69 Å². The maximum absolute atomic E-state index is 12.2. The molecule has 0 aliphatic heterocycles. The normalized spacial score (nSPS) is 10.6. The minimum atomic E-state index is -0.470. The molecule has 0 radical (unpaired) electrons. The standard InChI is InChI=1S/C20H21N3O3/c1-25-18-9-7-17(8-10-18)23-20(24)16(13-21)14-22-12-11-15-5-3-4-6-19(15)26-2/h3-10,14,22H,11-12H2,1-2H3,(H,23,24)/b16-14-. The smallest absolute Gasteiger partial charge is 0.267 e. The molecule has 0 aromatic heterocycles. The van der Waals surface area contributed by atoms with Gasteiger partial charge in [0.2, 0.25) is 0 Å². The van der Waals surface area contributed by atoms with Gasteiger partial charge in [0.05, 0.1) is 14.2 Å². The fourth-order valence-electron chi connectivity index (χ4n) is 2.31. The monoisotopic (exact) mass is 351 g/mol. The van der Waals surface area contributed by atoms with Crippen molar-refractivity contribution in [1.82, 2.24) is 5.32 Å². The molecular weight excluding hydrogens is 330 g/mol. The van der Waals surface area contributed by atoms with Gasteiger partial charge in [-0.1, -0.05) is 18.2 Å². The van der Waals surface area contributed by atoms with Gasteiger partial charge >= 0.3 is 0 Å². The zero-order valence-corrected chi connectivity index (χ0v) is 14.8. The predicted octanol–water partition coefficient (Wildman–Crippen LogP) is 2.88. The fraction of sp³-hybridized carbons (Fsp3) is 0.200. The van der Waals surface area contributed by atoms with Crippen LogP contribution in [0.25, 0.3) is 0 Å². The van der Waals surface area contributed by atoms with Gasteiger partial charge in [-0.3, -0.25) is 4.79 Å². The molecule has 2 rings (SSSR count). The Kier molecular flexibility index (Phi) is 7.07. The molecule has 26 heavy (non-hydrogen) atoms. The van der Waals surface area contributed by atoms with Crippen LogP contribution < -0.4 is 20.1 Å². The summed E-state index contributed by atoms with van der Waals surface area (Å²) in [6.45, 7) is 0.571. The van der Waals surface area contributed by atoms with Gasteiger partial charge in [0.15, 0.2) is 0 Å². The third-order valence-corrected chi connectivity index (χ3v) is 3.69. The van der Waals surface area contributed by atoms with E-state index in [1.54, 1.807) is 38.5 Å². The van der Waals surface area contributed by atoms with Crippen LogP contribution in [0.15, 0.2) is 60.3 Å². The number of hydrogen-bond donors (Lipinski definition) is 2. The highest BCUT2D eigenvalue weighted by molar-refractivity contribution is 6.06. The number of rotatable bonds is 8. The average Bonchev–Trinajstić information content (AvgIpc) is 2.68. The van der Waals surface area contributed by atoms with Crippen LogP contribution in [-0.2, 0) is 11.2 Å². The lowest BCUT2D eigenvalue weighted by Crippen LogP contribution is -2.18. The average molecular weight is 351 g/mol. The van der Waals surface area contributed by atoms with Crippen LogP contribution in [-0.4, -0.2) is 26.7 Å². The van der Waals surface area contributed by atoms with Crippen LogP contribution in [0.2, 0.25) is 0 Å². The Morgan fingerprint density at radius 1 is 1.12 bits per heavy atom. The van der Waals surface area contributed by atoms with Crippen LogP contribution in [0.3, 0.4) is 0 Å². The van der Waals surface area contributed by atoms with Crippen molar-refractivity contribution in [2.75, 3.05) is 26.1 Å².